The summed E-state index contributed by atoms with van der Waals surface area (Å²) >= 11 is 0. The number of carbonyl (C=O) groups excluding carboxylic acids is 1. The summed E-state index contributed by atoms with van der Waals surface area (Å²) in [6.07, 6.45) is 6.78. The van der Waals surface area contributed by atoms with Gasteiger partial charge >= 0.3 is 0 Å². The van der Waals surface area contributed by atoms with Crippen LogP contribution in [0.5, 0.6) is 5.75 Å². The predicted octanol–water partition coefficient (Wildman–Crippen LogP) is 2.72. The minimum Gasteiger partial charge on any atom is -0.492 e. The van der Waals surface area contributed by atoms with Crippen LogP contribution in [0.25, 0.3) is 0 Å². The number of nitrogens with zero attached hydrogens (tertiary/aromatic N) is 2. The Balaban J connectivity index is 1.63. The summed E-state index contributed by atoms with van der Waals surface area (Å²) in [5.74, 6) is 1.03. The molecule has 8 nitrogen and oxygen atoms in total. The Morgan fingerprint density at radius 1 is 1.23 bits per heavy atom. The highest BCUT2D eigenvalue weighted by Gasteiger charge is 2.39. The molecule has 1 atom stereocenters. The molecule has 0 radical (unpaired) electrons. The number of hydrogen-bond acceptors (Lipinski definition) is 6. The third-order valence-electron chi connectivity index (χ3n) is 7.90. The molecule has 0 aromatic heterocycles. The van der Waals surface area contributed by atoms with Crippen molar-refractivity contribution in [2.75, 3.05) is 46.4 Å². The standard InChI is InChI=1S/C26H41N3O5S/c1-3-6-25(31)29-13-11-26(12-14-29)18-28(2)17-22(30)16-27-35(32,33)24-10-9-21(15-23(24)34-19-26)20-7-4-5-8-20/h9-10,15,20,22,27,30H,3-8,11-14,16-19H2,1-2H3. The summed E-state index contributed by atoms with van der Waals surface area (Å²) in [6.45, 7) is 4.76. The lowest BCUT2D eigenvalue weighted by Crippen LogP contribution is -2.51. The molecule has 1 aromatic carbocycles. The van der Waals surface area contributed by atoms with Crippen LogP contribution >= 0.6 is 0 Å². The van der Waals surface area contributed by atoms with E-state index in [4.69, 9.17) is 4.74 Å². The van der Waals surface area contributed by atoms with Crippen LogP contribution in [0.4, 0.5) is 0 Å². The quantitative estimate of drug-likeness (QED) is 0.653. The van der Waals surface area contributed by atoms with E-state index < -0.39 is 16.1 Å². The van der Waals surface area contributed by atoms with Crippen LogP contribution in [-0.4, -0.2) is 81.7 Å². The number of hydrogen-bond donors (Lipinski definition) is 2. The van der Waals surface area contributed by atoms with Crippen molar-refractivity contribution in [1.82, 2.24) is 14.5 Å². The van der Waals surface area contributed by atoms with E-state index >= 15 is 0 Å². The lowest BCUT2D eigenvalue weighted by Gasteiger charge is -2.44. The number of aliphatic hydroxyl groups excluding tert-OH is 1. The first kappa shape index (κ1) is 26.4. The van der Waals surface area contributed by atoms with E-state index in [1.54, 1.807) is 6.07 Å². The lowest BCUT2D eigenvalue weighted by atomic mass is 9.78. The second-order valence-electron chi connectivity index (χ2n) is 10.8. The van der Waals surface area contributed by atoms with Crippen molar-refractivity contribution < 1.29 is 23.1 Å². The van der Waals surface area contributed by atoms with E-state index in [1.807, 2.05) is 31.0 Å². The van der Waals surface area contributed by atoms with Gasteiger partial charge in [0.2, 0.25) is 15.9 Å². The van der Waals surface area contributed by atoms with Crippen LogP contribution in [0.1, 0.15) is 69.8 Å². The van der Waals surface area contributed by atoms with E-state index in [0.29, 0.717) is 50.9 Å². The molecule has 0 bridgehead atoms. The van der Waals surface area contributed by atoms with Crippen molar-refractivity contribution in [3.8, 4) is 5.75 Å². The second kappa shape index (κ2) is 11.2. The molecule has 196 valence electrons. The molecule has 1 spiro atoms. The van der Waals surface area contributed by atoms with E-state index in [9.17, 15) is 18.3 Å². The fraction of sp³-hybridized carbons (Fsp3) is 0.731. The zero-order chi connectivity index (χ0) is 25.1. The zero-order valence-corrected chi connectivity index (χ0v) is 22.0. The van der Waals surface area contributed by atoms with Crippen molar-refractivity contribution in [2.24, 2.45) is 5.41 Å². The number of benzene rings is 1. The molecule has 2 fully saturated rings. The minimum absolute atomic E-state index is 0.0528. The highest BCUT2D eigenvalue weighted by Crippen LogP contribution is 2.39. The molecule has 3 aliphatic rings. The number of likely N-dealkylation sites (N-methyl/N-ethyl adjacent to an activating group) is 1. The van der Waals surface area contributed by atoms with Gasteiger partial charge in [0.05, 0.1) is 12.7 Å². The maximum atomic E-state index is 13.2. The Morgan fingerprint density at radius 3 is 2.63 bits per heavy atom. The van der Waals surface area contributed by atoms with Crippen molar-refractivity contribution in [3.63, 3.8) is 0 Å². The number of fused-ring (bicyclic) bond motifs is 1. The van der Waals surface area contributed by atoms with E-state index in [0.717, 1.165) is 37.7 Å². The van der Waals surface area contributed by atoms with Crippen LogP contribution in [0, 0.1) is 5.41 Å². The molecule has 2 aliphatic heterocycles. The van der Waals surface area contributed by atoms with E-state index in [2.05, 4.69) is 9.62 Å². The van der Waals surface area contributed by atoms with E-state index in [-0.39, 0.29) is 22.8 Å². The molecule has 1 saturated carbocycles. The van der Waals surface area contributed by atoms with Crippen molar-refractivity contribution in [3.05, 3.63) is 23.8 Å². The minimum atomic E-state index is -3.84. The molecule has 1 aliphatic carbocycles. The fourth-order valence-corrected chi connectivity index (χ4v) is 7.10. The smallest absolute Gasteiger partial charge is 0.244 e. The van der Waals surface area contributed by atoms with Crippen LogP contribution in [-0.2, 0) is 14.8 Å². The summed E-state index contributed by atoms with van der Waals surface area (Å²) < 4.78 is 35.3. The highest BCUT2D eigenvalue weighted by atomic mass is 32.2. The number of nitrogens with one attached hydrogen (secondary N) is 1. The molecular weight excluding hydrogens is 466 g/mol. The van der Waals surface area contributed by atoms with Gasteiger partial charge in [-0.15, -0.1) is 0 Å². The first-order valence-corrected chi connectivity index (χ1v) is 14.6. The third kappa shape index (κ3) is 6.37. The number of piperidine rings is 1. The molecule has 1 aromatic rings. The topological polar surface area (TPSA) is 99.2 Å². The van der Waals surface area contributed by atoms with Crippen LogP contribution < -0.4 is 9.46 Å². The third-order valence-corrected chi connectivity index (χ3v) is 9.36. The largest absolute Gasteiger partial charge is 0.492 e. The summed E-state index contributed by atoms with van der Waals surface area (Å²) in [6, 6.07) is 5.50. The Hall–Kier alpha value is -1.68. The van der Waals surface area contributed by atoms with Gasteiger partial charge in [-0.3, -0.25) is 4.79 Å². The Labute approximate surface area is 210 Å². The monoisotopic (exact) mass is 507 g/mol. The van der Waals surface area contributed by atoms with Gasteiger partial charge in [-0.1, -0.05) is 25.8 Å². The van der Waals surface area contributed by atoms with Crippen molar-refractivity contribution in [1.29, 1.82) is 0 Å². The van der Waals surface area contributed by atoms with Gasteiger partial charge in [-0.25, -0.2) is 13.1 Å². The molecule has 35 heavy (non-hydrogen) atoms. The van der Waals surface area contributed by atoms with Gasteiger partial charge in [0.15, 0.2) is 0 Å². The van der Waals surface area contributed by atoms with Crippen LogP contribution in [0.3, 0.4) is 0 Å². The molecular formula is C26H41N3O5S. The van der Waals surface area contributed by atoms with Gasteiger partial charge in [-0.05, 0) is 62.8 Å². The Kier molecular flexibility index (Phi) is 8.41. The molecule has 4 rings (SSSR count). The number of carbonyl (C=O) groups is 1. The van der Waals surface area contributed by atoms with Gasteiger partial charge < -0.3 is 19.6 Å². The summed E-state index contributed by atoms with van der Waals surface area (Å²) in [4.78, 5) is 16.6. The molecule has 1 unspecified atom stereocenters. The van der Waals surface area contributed by atoms with Gasteiger partial charge in [0, 0.05) is 44.6 Å². The molecule has 9 heteroatoms. The van der Waals surface area contributed by atoms with Gasteiger partial charge in [0.25, 0.3) is 0 Å². The van der Waals surface area contributed by atoms with Crippen molar-refractivity contribution >= 4 is 15.9 Å². The number of aliphatic hydroxyl groups is 1. The average molecular weight is 508 g/mol. The van der Waals surface area contributed by atoms with E-state index in [1.165, 1.54) is 12.8 Å². The lowest BCUT2D eigenvalue weighted by molar-refractivity contribution is -0.134. The maximum Gasteiger partial charge on any atom is 0.244 e. The summed E-state index contributed by atoms with van der Waals surface area (Å²) in [5, 5.41) is 10.5. The molecule has 2 heterocycles. The second-order valence-corrected chi connectivity index (χ2v) is 12.5. The fourth-order valence-electron chi connectivity index (χ4n) is 5.90. The number of β-amino-alcohol motifs (C(OH)–C–C–N with tert-alkyl or cyclic N) is 1. The number of ether oxygens (including phenoxy) is 1. The number of sulfonamides is 1. The summed E-state index contributed by atoms with van der Waals surface area (Å²) in [5.41, 5.74) is 0.906. The number of rotatable bonds is 3. The van der Waals surface area contributed by atoms with Crippen molar-refractivity contribution in [2.45, 2.75) is 75.2 Å². The summed E-state index contributed by atoms with van der Waals surface area (Å²) in [7, 11) is -1.88. The average Bonchev–Trinajstić information content (AvgIpc) is 3.36. The molecule has 2 N–H and O–H groups in total. The zero-order valence-electron chi connectivity index (χ0n) is 21.2. The normalized spacial score (nSPS) is 25.9. The Morgan fingerprint density at radius 2 is 1.94 bits per heavy atom. The van der Waals surface area contributed by atoms with Gasteiger partial charge in [0.1, 0.15) is 10.6 Å². The molecule has 1 saturated heterocycles. The maximum absolute atomic E-state index is 13.2. The number of amides is 1. The number of likely N-dealkylation sites (tertiary alicyclic amines) is 1. The predicted molar refractivity (Wildman–Crippen MR) is 135 cm³/mol. The van der Waals surface area contributed by atoms with Crippen LogP contribution in [0.15, 0.2) is 23.1 Å². The highest BCUT2D eigenvalue weighted by molar-refractivity contribution is 7.89. The Bertz CT molecular complexity index is 985. The van der Waals surface area contributed by atoms with Crippen LogP contribution in [0.2, 0.25) is 0 Å². The first-order chi connectivity index (χ1) is 16.7. The first-order valence-electron chi connectivity index (χ1n) is 13.1. The SMILES string of the molecule is CCCC(=O)N1CCC2(CC1)COc1cc(C3CCCC3)ccc1S(=O)(=O)NCC(O)CN(C)C2. The molecule has 1 amide bonds. The van der Waals surface area contributed by atoms with Gasteiger partial charge in [-0.2, -0.15) is 0 Å².